The lowest BCUT2D eigenvalue weighted by Gasteiger charge is -2.13. The molecule has 0 saturated heterocycles. The minimum absolute atomic E-state index is 0.0995. The van der Waals surface area contributed by atoms with Crippen molar-refractivity contribution in [3.05, 3.63) is 31.2 Å². The Labute approximate surface area is 121 Å². The molecule has 1 rings (SSSR count). The molecule has 0 aliphatic rings. The molecule has 117 valence electrons. The van der Waals surface area contributed by atoms with Crippen molar-refractivity contribution in [2.24, 2.45) is 0 Å². The maximum atomic E-state index is 12.2. The highest BCUT2D eigenvalue weighted by molar-refractivity contribution is 5.86. The molecule has 1 aromatic carbocycles. The van der Waals surface area contributed by atoms with Gasteiger partial charge in [-0.3, -0.25) is 5.32 Å². The molecule has 0 aliphatic heterocycles. The van der Waals surface area contributed by atoms with Crippen molar-refractivity contribution < 1.29 is 27.4 Å². The van der Waals surface area contributed by atoms with Crippen LogP contribution in [0.4, 0.5) is 23.7 Å². The van der Waals surface area contributed by atoms with E-state index in [2.05, 4.69) is 17.0 Å². The Kier molecular flexibility index (Phi) is 6.84. The molecular formula is C14H17F3NO3. The first-order valence-electron chi connectivity index (χ1n) is 6.50. The quantitative estimate of drug-likeness (QED) is 0.753. The van der Waals surface area contributed by atoms with Gasteiger partial charge in [0.05, 0.1) is 12.3 Å². The second-order valence-electron chi connectivity index (χ2n) is 4.22. The molecule has 1 radical (unpaired) electrons. The molecule has 0 aromatic heterocycles. The van der Waals surface area contributed by atoms with Crippen LogP contribution < -0.4 is 10.1 Å². The summed E-state index contributed by atoms with van der Waals surface area (Å²) in [5.74, 6) is -0.487. The first-order valence-corrected chi connectivity index (χ1v) is 6.50. The molecule has 0 saturated carbocycles. The van der Waals surface area contributed by atoms with Crippen molar-refractivity contribution in [3.8, 4) is 5.75 Å². The number of anilines is 1. The zero-order valence-electron chi connectivity index (χ0n) is 11.4. The van der Waals surface area contributed by atoms with E-state index in [0.717, 1.165) is 25.3 Å². The zero-order valence-corrected chi connectivity index (χ0v) is 11.4. The summed E-state index contributed by atoms with van der Waals surface area (Å²) < 4.78 is 45.3. The third kappa shape index (κ3) is 7.43. The zero-order chi connectivity index (χ0) is 15.7. The second kappa shape index (κ2) is 8.39. The molecule has 0 fully saturated rings. The molecule has 0 spiro atoms. The predicted molar refractivity (Wildman–Crippen MR) is 71.9 cm³/mol. The highest BCUT2D eigenvalue weighted by Gasteiger charge is 2.32. The van der Waals surface area contributed by atoms with Gasteiger partial charge in [0.2, 0.25) is 0 Å². The lowest BCUT2D eigenvalue weighted by molar-refractivity contribution is -0.274. The van der Waals surface area contributed by atoms with Gasteiger partial charge < -0.3 is 9.47 Å². The van der Waals surface area contributed by atoms with Crippen molar-refractivity contribution >= 4 is 11.8 Å². The summed E-state index contributed by atoms with van der Waals surface area (Å²) >= 11 is 0. The monoisotopic (exact) mass is 304 g/mol. The predicted octanol–water partition coefficient (Wildman–Crippen LogP) is 4.53. The molecule has 7 heteroatoms. The molecule has 0 bridgehead atoms. The highest BCUT2D eigenvalue weighted by Crippen LogP contribution is 2.29. The third-order valence-electron chi connectivity index (χ3n) is 2.48. The minimum Gasteiger partial charge on any atom is -0.449 e. The summed E-state index contributed by atoms with van der Waals surface area (Å²) in [5.41, 5.74) is -0.0995. The lowest BCUT2D eigenvalue weighted by atomic mass is 10.2. The smallest absolute Gasteiger partial charge is 0.449 e. The number of para-hydroxylation sites is 2. The van der Waals surface area contributed by atoms with E-state index < -0.39 is 18.2 Å². The summed E-state index contributed by atoms with van der Waals surface area (Å²) in [7, 11) is 0. The second-order valence-corrected chi connectivity index (χ2v) is 4.22. The van der Waals surface area contributed by atoms with Crippen LogP contribution in [0.5, 0.6) is 5.75 Å². The topological polar surface area (TPSA) is 47.6 Å². The van der Waals surface area contributed by atoms with Gasteiger partial charge in [-0.15, -0.1) is 13.2 Å². The number of halogens is 3. The van der Waals surface area contributed by atoms with Crippen LogP contribution in [-0.4, -0.2) is 19.1 Å². The average Bonchev–Trinajstić information content (AvgIpc) is 2.39. The number of hydrogen-bond acceptors (Lipinski definition) is 3. The van der Waals surface area contributed by atoms with Gasteiger partial charge in [0.25, 0.3) is 0 Å². The number of nitrogens with one attached hydrogen (secondary N) is 1. The Hall–Kier alpha value is -1.92. The van der Waals surface area contributed by atoms with Crippen LogP contribution in [0.25, 0.3) is 0 Å². The Bertz CT molecular complexity index is 449. The SMILES string of the molecule is [CH2]CCCCCOC(=O)Nc1ccccc1OC(F)(F)F. The number of benzene rings is 1. The van der Waals surface area contributed by atoms with Gasteiger partial charge in [-0.2, -0.15) is 0 Å². The molecule has 1 N–H and O–H groups in total. The molecule has 0 unspecified atom stereocenters. The first kappa shape index (κ1) is 17.1. The Morgan fingerprint density at radius 1 is 1.19 bits per heavy atom. The van der Waals surface area contributed by atoms with E-state index in [0.29, 0.717) is 6.42 Å². The molecule has 4 nitrogen and oxygen atoms in total. The Morgan fingerprint density at radius 2 is 1.90 bits per heavy atom. The number of carbonyl (C=O) groups excluding carboxylic acids is 1. The molecule has 0 atom stereocenters. The van der Waals surface area contributed by atoms with E-state index in [4.69, 9.17) is 4.74 Å². The van der Waals surface area contributed by atoms with Crippen LogP contribution in [0.2, 0.25) is 0 Å². The maximum Gasteiger partial charge on any atom is 0.573 e. The van der Waals surface area contributed by atoms with E-state index in [9.17, 15) is 18.0 Å². The van der Waals surface area contributed by atoms with E-state index in [1.54, 1.807) is 0 Å². The highest BCUT2D eigenvalue weighted by atomic mass is 19.4. The van der Waals surface area contributed by atoms with E-state index in [1.165, 1.54) is 18.2 Å². The number of ether oxygens (including phenoxy) is 2. The van der Waals surface area contributed by atoms with Crippen molar-refractivity contribution in [2.75, 3.05) is 11.9 Å². The maximum absolute atomic E-state index is 12.2. The van der Waals surface area contributed by atoms with Crippen molar-refractivity contribution in [1.82, 2.24) is 0 Å². The number of amides is 1. The molecule has 0 heterocycles. The lowest BCUT2D eigenvalue weighted by Crippen LogP contribution is -2.20. The molecule has 0 aliphatic carbocycles. The summed E-state index contributed by atoms with van der Waals surface area (Å²) in [5, 5.41) is 2.23. The fourth-order valence-electron chi connectivity index (χ4n) is 1.55. The summed E-state index contributed by atoms with van der Waals surface area (Å²) in [6.07, 6.45) is -2.33. The minimum atomic E-state index is -4.82. The molecule has 1 amide bonds. The largest absolute Gasteiger partial charge is 0.573 e. The average molecular weight is 304 g/mol. The summed E-state index contributed by atoms with van der Waals surface area (Å²) in [6.45, 7) is 3.89. The van der Waals surface area contributed by atoms with Crippen LogP contribution in [-0.2, 0) is 4.74 Å². The van der Waals surface area contributed by atoms with E-state index in [1.807, 2.05) is 0 Å². The van der Waals surface area contributed by atoms with Crippen LogP contribution >= 0.6 is 0 Å². The summed E-state index contributed by atoms with van der Waals surface area (Å²) in [6, 6.07) is 5.26. The number of alkyl halides is 3. The fraction of sp³-hybridized carbons (Fsp3) is 0.429. The van der Waals surface area contributed by atoms with E-state index in [-0.39, 0.29) is 12.3 Å². The van der Waals surface area contributed by atoms with Crippen molar-refractivity contribution in [3.63, 3.8) is 0 Å². The standard InChI is InChI=1S/C14H17F3NO3/c1-2-3-4-7-10-20-13(19)18-11-8-5-6-9-12(11)21-14(15,16)17/h5-6,8-9H,1-4,7,10H2,(H,18,19). The molecule has 21 heavy (non-hydrogen) atoms. The fourth-order valence-corrected chi connectivity index (χ4v) is 1.55. The van der Waals surface area contributed by atoms with Crippen LogP contribution in [0, 0.1) is 6.92 Å². The van der Waals surface area contributed by atoms with Crippen molar-refractivity contribution in [1.29, 1.82) is 0 Å². The third-order valence-corrected chi connectivity index (χ3v) is 2.48. The number of unbranched alkanes of at least 4 members (excludes halogenated alkanes) is 3. The van der Waals surface area contributed by atoms with Crippen molar-refractivity contribution in [2.45, 2.75) is 32.0 Å². The van der Waals surface area contributed by atoms with Crippen LogP contribution in [0.1, 0.15) is 25.7 Å². The molecular weight excluding hydrogens is 287 g/mol. The van der Waals surface area contributed by atoms with Crippen LogP contribution in [0.15, 0.2) is 24.3 Å². The van der Waals surface area contributed by atoms with Gasteiger partial charge in [0, 0.05) is 0 Å². The van der Waals surface area contributed by atoms with Crippen LogP contribution in [0.3, 0.4) is 0 Å². The van der Waals surface area contributed by atoms with Gasteiger partial charge in [-0.1, -0.05) is 38.3 Å². The first-order chi connectivity index (χ1) is 9.92. The van der Waals surface area contributed by atoms with Gasteiger partial charge in [0.1, 0.15) is 0 Å². The normalized spacial score (nSPS) is 11.0. The van der Waals surface area contributed by atoms with E-state index >= 15 is 0 Å². The van der Waals surface area contributed by atoms with Gasteiger partial charge in [-0.25, -0.2) is 4.79 Å². The Morgan fingerprint density at radius 3 is 2.57 bits per heavy atom. The number of rotatable bonds is 7. The number of hydrogen-bond donors (Lipinski definition) is 1. The summed E-state index contributed by atoms with van der Waals surface area (Å²) in [4.78, 5) is 11.5. The number of carbonyl (C=O) groups is 1. The van der Waals surface area contributed by atoms with Gasteiger partial charge in [-0.05, 0) is 18.6 Å². The Balaban J connectivity index is 2.48. The van der Waals surface area contributed by atoms with Gasteiger partial charge in [0.15, 0.2) is 5.75 Å². The molecule has 1 aromatic rings. The van der Waals surface area contributed by atoms with Gasteiger partial charge >= 0.3 is 12.5 Å².